The summed E-state index contributed by atoms with van der Waals surface area (Å²) < 4.78 is 0. The molecule has 0 spiro atoms. The zero-order valence-corrected chi connectivity index (χ0v) is 18.7. The molecule has 2 amide bonds. The van der Waals surface area contributed by atoms with Gasteiger partial charge < -0.3 is 10.6 Å². The highest BCUT2D eigenvalue weighted by Gasteiger charge is 2.19. The van der Waals surface area contributed by atoms with Crippen LogP contribution in [0.4, 0.5) is 10.8 Å². The van der Waals surface area contributed by atoms with Gasteiger partial charge in [0.1, 0.15) is 0 Å². The molecule has 0 aliphatic carbocycles. The first-order valence-electron chi connectivity index (χ1n) is 9.91. The molecule has 0 bridgehead atoms. The molecule has 2 aromatic rings. The Hall–Kier alpha value is -1.90. The summed E-state index contributed by atoms with van der Waals surface area (Å²) in [4.78, 5) is 31.6. The Kier molecular flexibility index (Phi) is 7.69. The van der Waals surface area contributed by atoms with Crippen LogP contribution < -0.4 is 10.6 Å². The van der Waals surface area contributed by atoms with E-state index in [4.69, 9.17) is 0 Å². The molecule has 1 aliphatic heterocycles. The van der Waals surface area contributed by atoms with Crippen LogP contribution in [-0.2, 0) is 16.1 Å². The maximum Gasteiger partial charge on any atom is 0.239 e. The molecular formula is C21H28N4O2S2. The maximum absolute atomic E-state index is 12.5. The molecule has 1 aromatic heterocycles. The Balaban J connectivity index is 1.49. The lowest BCUT2D eigenvalue weighted by Crippen LogP contribution is -2.33. The van der Waals surface area contributed by atoms with Crippen LogP contribution in [0, 0.1) is 5.92 Å². The van der Waals surface area contributed by atoms with Crippen molar-refractivity contribution in [2.24, 2.45) is 5.92 Å². The summed E-state index contributed by atoms with van der Waals surface area (Å²) in [6.45, 7) is 8.75. The Morgan fingerprint density at radius 1 is 1.31 bits per heavy atom. The van der Waals surface area contributed by atoms with Gasteiger partial charge in [0.2, 0.25) is 11.8 Å². The summed E-state index contributed by atoms with van der Waals surface area (Å²) >= 11 is 2.96. The molecular weight excluding hydrogens is 404 g/mol. The van der Waals surface area contributed by atoms with Gasteiger partial charge in [-0.25, -0.2) is 4.98 Å². The van der Waals surface area contributed by atoms with Crippen molar-refractivity contribution in [3.63, 3.8) is 0 Å². The van der Waals surface area contributed by atoms with Gasteiger partial charge in [0.05, 0.1) is 10.9 Å². The minimum Gasteiger partial charge on any atom is -0.326 e. The summed E-state index contributed by atoms with van der Waals surface area (Å²) in [6, 6.07) is 7.48. The minimum atomic E-state index is -0.253. The van der Waals surface area contributed by atoms with Gasteiger partial charge in [0.15, 0.2) is 5.13 Å². The van der Waals surface area contributed by atoms with Crippen molar-refractivity contribution in [2.45, 2.75) is 50.3 Å². The average molecular weight is 433 g/mol. The van der Waals surface area contributed by atoms with Gasteiger partial charge in [-0.05, 0) is 56.5 Å². The van der Waals surface area contributed by atoms with Gasteiger partial charge in [-0.15, -0.1) is 23.1 Å². The zero-order chi connectivity index (χ0) is 20.8. The van der Waals surface area contributed by atoms with E-state index in [1.165, 1.54) is 42.9 Å². The second-order valence-corrected chi connectivity index (χ2v) is 9.85. The largest absolute Gasteiger partial charge is 0.326 e. The SMILES string of the molecule is CC(=O)Nc1ccc(SC(C)C(=O)Nc2nc(CN3CCCC(C)C3)cs2)cc1. The predicted octanol–water partition coefficient (Wildman–Crippen LogP) is 4.45. The fourth-order valence-electron chi connectivity index (χ4n) is 3.38. The molecule has 2 unspecified atom stereocenters. The molecule has 156 valence electrons. The smallest absolute Gasteiger partial charge is 0.239 e. The molecule has 6 nitrogen and oxygen atoms in total. The molecule has 1 aromatic carbocycles. The first kappa shape index (κ1) is 21.8. The Labute approximate surface area is 180 Å². The van der Waals surface area contributed by atoms with Crippen LogP contribution in [0.1, 0.15) is 39.3 Å². The van der Waals surface area contributed by atoms with E-state index < -0.39 is 0 Å². The van der Waals surface area contributed by atoms with Crippen LogP contribution in [0.3, 0.4) is 0 Å². The second kappa shape index (κ2) is 10.2. The van der Waals surface area contributed by atoms with Crippen LogP contribution in [0.2, 0.25) is 0 Å². The number of hydrogen-bond acceptors (Lipinski definition) is 6. The number of nitrogens with one attached hydrogen (secondary N) is 2. The number of thiazole rings is 1. The maximum atomic E-state index is 12.5. The standard InChI is InChI=1S/C21H28N4O2S2/c1-14-5-4-10-25(11-14)12-18-13-28-21(23-18)24-20(27)15(2)29-19-8-6-17(7-9-19)22-16(3)26/h6-9,13-15H,4-5,10-12H2,1-3H3,(H,22,26)(H,23,24,27). The average Bonchev–Trinajstić information content (AvgIpc) is 3.09. The van der Waals surface area contributed by atoms with Crippen molar-refractivity contribution < 1.29 is 9.59 Å². The first-order valence-corrected chi connectivity index (χ1v) is 11.7. The third-order valence-electron chi connectivity index (χ3n) is 4.77. The number of rotatable bonds is 7. The molecule has 8 heteroatoms. The van der Waals surface area contributed by atoms with Crippen LogP contribution in [0.25, 0.3) is 0 Å². The monoisotopic (exact) mass is 432 g/mol. The number of nitrogens with zero attached hydrogens (tertiary/aromatic N) is 2. The minimum absolute atomic E-state index is 0.0616. The van der Waals surface area contributed by atoms with E-state index in [2.05, 4.69) is 27.4 Å². The van der Waals surface area contributed by atoms with Gasteiger partial charge in [0.25, 0.3) is 0 Å². The molecule has 29 heavy (non-hydrogen) atoms. The van der Waals surface area contributed by atoms with Gasteiger partial charge >= 0.3 is 0 Å². The molecule has 1 fully saturated rings. The number of aromatic nitrogens is 1. The van der Waals surface area contributed by atoms with Gasteiger partial charge in [-0.2, -0.15) is 0 Å². The van der Waals surface area contributed by atoms with Crippen molar-refractivity contribution in [3.8, 4) is 0 Å². The van der Waals surface area contributed by atoms with Crippen molar-refractivity contribution in [1.82, 2.24) is 9.88 Å². The summed E-state index contributed by atoms with van der Waals surface area (Å²) in [5.74, 6) is 0.580. The van der Waals surface area contributed by atoms with E-state index in [1.54, 1.807) is 0 Å². The summed E-state index contributed by atoms with van der Waals surface area (Å²) in [6.07, 6.45) is 2.55. The summed E-state index contributed by atoms with van der Waals surface area (Å²) in [7, 11) is 0. The van der Waals surface area contributed by atoms with Gasteiger partial charge in [0, 0.05) is 36.0 Å². The molecule has 0 saturated carbocycles. The van der Waals surface area contributed by atoms with Crippen molar-refractivity contribution in [3.05, 3.63) is 35.3 Å². The van der Waals surface area contributed by atoms with E-state index in [0.29, 0.717) is 5.13 Å². The summed E-state index contributed by atoms with van der Waals surface area (Å²) in [5.41, 5.74) is 1.77. The Bertz CT molecular complexity index is 837. The Morgan fingerprint density at radius 3 is 2.76 bits per heavy atom. The fraction of sp³-hybridized carbons (Fsp3) is 0.476. The van der Waals surface area contributed by atoms with E-state index in [0.717, 1.165) is 41.8 Å². The highest BCUT2D eigenvalue weighted by Crippen LogP contribution is 2.26. The van der Waals surface area contributed by atoms with Crippen LogP contribution in [0.5, 0.6) is 0 Å². The lowest BCUT2D eigenvalue weighted by atomic mass is 10.0. The van der Waals surface area contributed by atoms with Crippen molar-refractivity contribution in [2.75, 3.05) is 23.7 Å². The summed E-state index contributed by atoms with van der Waals surface area (Å²) in [5, 5.41) is 8.11. The number of carbonyl (C=O) groups excluding carboxylic acids is 2. The Morgan fingerprint density at radius 2 is 2.07 bits per heavy atom. The highest BCUT2D eigenvalue weighted by molar-refractivity contribution is 8.00. The fourth-order valence-corrected chi connectivity index (χ4v) is 4.95. The van der Waals surface area contributed by atoms with Crippen LogP contribution in [-0.4, -0.2) is 40.0 Å². The predicted molar refractivity (Wildman–Crippen MR) is 120 cm³/mol. The number of anilines is 2. The number of carbonyl (C=O) groups is 2. The lowest BCUT2D eigenvalue weighted by Gasteiger charge is -2.30. The van der Waals surface area contributed by atoms with E-state index in [9.17, 15) is 9.59 Å². The number of benzene rings is 1. The number of thioether (sulfide) groups is 1. The van der Waals surface area contributed by atoms with Gasteiger partial charge in [-0.1, -0.05) is 6.92 Å². The van der Waals surface area contributed by atoms with Crippen LogP contribution in [0.15, 0.2) is 34.5 Å². The van der Waals surface area contributed by atoms with Crippen LogP contribution >= 0.6 is 23.1 Å². The highest BCUT2D eigenvalue weighted by atomic mass is 32.2. The molecule has 2 N–H and O–H groups in total. The quantitative estimate of drug-likeness (QED) is 0.632. The van der Waals surface area contributed by atoms with Crippen molar-refractivity contribution >= 4 is 45.7 Å². The van der Waals surface area contributed by atoms with E-state index >= 15 is 0 Å². The molecule has 2 heterocycles. The first-order chi connectivity index (χ1) is 13.9. The normalized spacial score (nSPS) is 18.2. The molecule has 1 saturated heterocycles. The number of amides is 2. The molecule has 1 aliphatic rings. The number of piperidine rings is 1. The number of likely N-dealkylation sites (tertiary alicyclic amines) is 1. The zero-order valence-electron chi connectivity index (χ0n) is 17.1. The number of hydrogen-bond donors (Lipinski definition) is 2. The molecule has 2 atom stereocenters. The lowest BCUT2D eigenvalue weighted by molar-refractivity contribution is -0.115. The third-order valence-corrected chi connectivity index (χ3v) is 6.68. The van der Waals surface area contributed by atoms with Crippen molar-refractivity contribution in [1.29, 1.82) is 0 Å². The molecule has 3 rings (SSSR count). The third kappa shape index (κ3) is 6.83. The van der Waals surface area contributed by atoms with Gasteiger partial charge in [-0.3, -0.25) is 14.5 Å². The molecule has 0 radical (unpaired) electrons. The van der Waals surface area contributed by atoms with E-state index in [-0.39, 0.29) is 17.1 Å². The topological polar surface area (TPSA) is 74.3 Å². The second-order valence-electron chi connectivity index (χ2n) is 7.58. The van der Waals surface area contributed by atoms with E-state index in [1.807, 2.05) is 36.6 Å².